The van der Waals surface area contributed by atoms with Gasteiger partial charge in [-0.1, -0.05) is 0 Å². The Balaban J connectivity index is 1.56. The second-order valence-electron chi connectivity index (χ2n) is 7.93. The highest BCUT2D eigenvalue weighted by molar-refractivity contribution is 7.14. The summed E-state index contributed by atoms with van der Waals surface area (Å²) in [5.74, 6) is -0.394. The van der Waals surface area contributed by atoms with E-state index >= 15 is 0 Å². The molecule has 1 aliphatic rings. The molecule has 0 spiro atoms. The quantitative estimate of drug-likeness (QED) is 0.478. The van der Waals surface area contributed by atoms with Gasteiger partial charge in [-0.25, -0.2) is 9.37 Å². The molecule has 1 unspecified atom stereocenters. The number of halogens is 1. The molecule has 1 amide bonds. The maximum atomic E-state index is 13.8. The summed E-state index contributed by atoms with van der Waals surface area (Å²) in [4.78, 5) is 17.5. The number of nitrogens with one attached hydrogen (secondary N) is 2. The van der Waals surface area contributed by atoms with Gasteiger partial charge in [0, 0.05) is 43.2 Å². The van der Waals surface area contributed by atoms with E-state index in [1.807, 2.05) is 23.2 Å². The molecule has 1 atom stereocenters. The SMILES string of the molecule is COCC(NC(=O)c1ccn(C)c1)C(Nc1nc(-c2ccc(F)c(OC)c2)cs1)=C1CCC1. The van der Waals surface area contributed by atoms with E-state index in [2.05, 4.69) is 15.6 Å². The molecule has 3 aromatic rings. The number of nitrogens with zero attached hydrogens (tertiary/aromatic N) is 2. The van der Waals surface area contributed by atoms with Gasteiger partial charge in [-0.15, -0.1) is 11.3 Å². The number of allylic oxidation sites excluding steroid dienone is 1. The van der Waals surface area contributed by atoms with E-state index in [1.54, 1.807) is 31.5 Å². The molecule has 1 aliphatic carbocycles. The monoisotopic (exact) mass is 470 g/mol. The minimum atomic E-state index is -0.414. The molecule has 0 aliphatic heterocycles. The molecular formula is C24H27FN4O3S. The zero-order valence-corrected chi connectivity index (χ0v) is 19.7. The highest BCUT2D eigenvalue weighted by Crippen LogP contribution is 2.34. The van der Waals surface area contributed by atoms with Gasteiger partial charge < -0.3 is 24.7 Å². The summed E-state index contributed by atoms with van der Waals surface area (Å²) in [6.07, 6.45) is 6.68. The lowest BCUT2D eigenvalue weighted by molar-refractivity contribution is 0.0911. The van der Waals surface area contributed by atoms with Gasteiger partial charge in [0.25, 0.3) is 5.91 Å². The van der Waals surface area contributed by atoms with Crippen LogP contribution in [-0.2, 0) is 11.8 Å². The van der Waals surface area contributed by atoms with Crippen LogP contribution in [0, 0.1) is 5.82 Å². The first kappa shape index (κ1) is 23.0. The van der Waals surface area contributed by atoms with Crippen LogP contribution >= 0.6 is 11.3 Å². The third-order valence-corrected chi connectivity index (χ3v) is 6.37. The second-order valence-corrected chi connectivity index (χ2v) is 8.79. The molecule has 1 fully saturated rings. The second kappa shape index (κ2) is 10.2. The van der Waals surface area contributed by atoms with Crippen LogP contribution in [0.1, 0.15) is 29.6 Å². The van der Waals surface area contributed by atoms with E-state index in [1.165, 1.54) is 30.1 Å². The minimum Gasteiger partial charge on any atom is -0.494 e. The van der Waals surface area contributed by atoms with Crippen LogP contribution in [-0.4, -0.2) is 42.3 Å². The number of rotatable bonds is 9. The van der Waals surface area contributed by atoms with E-state index in [0.29, 0.717) is 17.3 Å². The molecule has 1 saturated carbocycles. The van der Waals surface area contributed by atoms with Crippen LogP contribution < -0.4 is 15.4 Å². The number of aryl methyl sites for hydroxylation is 1. The van der Waals surface area contributed by atoms with Crippen molar-refractivity contribution < 1.29 is 18.7 Å². The Kier molecular flexibility index (Phi) is 7.10. The smallest absolute Gasteiger partial charge is 0.253 e. The van der Waals surface area contributed by atoms with Crippen molar-refractivity contribution in [3.63, 3.8) is 0 Å². The summed E-state index contributed by atoms with van der Waals surface area (Å²) in [5.41, 5.74) is 4.26. The van der Waals surface area contributed by atoms with Crippen LogP contribution in [0.3, 0.4) is 0 Å². The summed E-state index contributed by atoms with van der Waals surface area (Å²) in [5, 5.41) is 9.14. The number of amides is 1. The lowest BCUT2D eigenvalue weighted by Crippen LogP contribution is -2.42. The number of thiazole rings is 1. The first-order valence-corrected chi connectivity index (χ1v) is 11.6. The van der Waals surface area contributed by atoms with Gasteiger partial charge in [0.15, 0.2) is 16.7 Å². The summed E-state index contributed by atoms with van der Waals surface area (Å²) >= 11 is 1.45. The fraction of sp³-hybridized carbons (Fsp3) is 0.333. The molecule has 0 bridgehead atoms. The lowest BCUT2D eigenvalue weighted by atomic mass is 9.88. The molecule has 1 aromatic carbocycles. The van der Waals surface area contributed by atoms with E-state index in [0.717, 1.165) is 36.2 Å². The molecule has 33 heavy (non-hydrogen) atoms. The summed E-state index contributed by atoms with van der Waals surface area (Å²) in [7, 11) is 4.94. The zero-order valence-electron chi connectivity index (χ0n) is 18.9. The number of ether oxygens (including phenoxy) is 2. The van der Waals surface area contributed by atoms with E-state index < -0.39 is 5.82 Å². The Morgan fingerprint density at radius 1 is 1.30 bits per heavy atom. The number of hydrogen-bond donors (Lipinski definition) is 2. The van der Waals surface area contributed by atoms with Crippen molar-refractivity contribution in [2.45, 2.75) is 25.3 Å². The normalized spacial score (nSPS) is 13.9. The number of aromatic nitrogens is 2. The highest BCUT2D eigenvalue weighted by atomic mass is 32.1. The molecule has 9 heteroatoms. The molecule has 0 saturated heterocycles. The zero-order chi connectivity index (χ0) is 23.4. The van der Waals surface area contributed by atoms with Gasteiger partial charge in [0.1, 0.15) is 0 Å². The average molecular weight is 471 g/mol. The molecule has 2 aromatic heterocycles. The first-order chi connectivity index (χ1) is 16.0. The first-order valence-electron chi connectivity index (χ1n) is 10.7. The number of carbonyl (C=O) groups is 1. The Morgan fingerprint density at radius 3 is 2.76 bits per heavy atom. The number of hydrogen-bond acceptors (Lipinski definition) is 6. The van der Waals surface area contributed by atoms with Crippen LogP contribution in [0.5, 0.6) is 5.75 Å². The van der Waals surface area contributed by atoms with E-state index in [-0.39, 0.29) is 17.7 Å². The molecule has 4 rings (SSSR count). The minimum absolute atomic E-state index is 0.157. The van der Waals surface area contributed by atoms with Crippen molar-refractivity contribution in [2.24, 2.45) is 7.05 Å². The van der Waals surface area contributed by atoms with Gasteiger partial charge in [-0.3, -0.25) is 4.79 Å². The topological polar surface area (TPSA) is 77.4 Å². The lowest BCUT2D eigenvalue weighted by Gasteiger charge is -2.28. The number of benzene rings is 1. The van der Waals surface area contributed by atoms with Gasteiger partial charge in [0.05, 0.1) is 31.0 Å². The Labute approximate surface area is 196 Å². The predicted molar refractivity (Wildman–Crippen MR) is 127 cm³/mol. The molecule has 2 heterocycles. The largest absolute Gasteiger partial charge is 0.494 e. The van der Waals surface area contributed by atoms with Crippen molar-refractivity contribution in [3.8, 4) is 17.0 Å². The number of anilines is 1. The maximum absolute atomic E-state index is 13.8. The number of carbonyl (C=O) groups excluding carboxylic acids is 1. The standard InChI is InChI=1S/C24H27FN4O3S/c1-29-10-9-17(12-29)23(30)26-19(13-31-2)22(15-5-4-6-15)28-24-27-20(14-33-24)16-7-8-18(25)21(11-16)32-3/h7-12,14,19H,4-6,13H2,1-3H3,(H,26,30)(H,27,28). The predicted octanol–water partition coefficient (Wildman–Crippen LogP) is 4.59. The molecule has 2 N–H and O–H groups in total. The van der Waals surface area contributed by atoms with Gasteiger partial charge in [-0.05, 0) is 49.1 Å². The molecule has 174 valence electrons. The summed E-state index contributed by atoms with van der Waals surface area (Å²) < 4.78 is 26.1. The molecule has 7 nitrogen and oxygen atoms in total. The van der Waals surface area contributed by atoms with Gasteiger partial charge in [0.2, 0.25) is 0 Å². The van der Waals surface area contributed by atoms with Crippen LogP contribution in [0.2, 0.25) is 0 Å². The summed E-state index contributed by atoms with van der Waals surface area (Å²) in [6.45, 7) is 0.331. The highest BCUT2D eigenvalue weighted by Gasteiger charge is 2.25. The van der Waals surface area contributed by atoms with Crippen molar-refractivity contribution in [2.75, 3.05) is 26.1 Å². The van der Waals surface area contributed by atoms with Crippen LogP contribution in [0.4, 0.5) is 9.52 Å². The van der Waals surface area contributed by atoms with Crippen LogP contribution in [0.15, 0.2) is 53.3 Å². The maximum Gasteiger partial charge on any atom is 0.253 e. The summed E-state index contributed by atoms with van der Waals surface area (Å²) in [6, 6.07) is 6.13. The fourth-order valence-electron chi connectivity index (χ4n) is 3.69. The van der Waals surface area contributed by atoms with Crippen molar-refractivity contribution in [1.29, 1.82) is 0 Å². The third kappa shape index (κ3) is 5.26. The van der Waals surface area contributed by atoms with E-state index in [9.17, 15) is 9.18 Å². The Bertz CT molecular complexity index is 1160. The van der Waals surface area contributed by atoms with Gasteiger partial charge >= 0.3 is 0 Å². The van der Waals surface area contributed by atoms with Gasteiger partial charge in [-0.2, -0.15) is 0 Å². The van der Waals surface area contributed by atoms with Crippen molar-refractivity contribution in [1.82, 2.24) is 14.9 Å². The molecule has 0 radical (unpaired) electrons. The Hall–Kier alpha value is -3.17. The average Bonchev–Trinajstić information content (AvgIpc) is 3.41. The van der Waals surface area contributed by atoms with Crippen LogP contribution in [0.25, 0.3) is 11.3 Å². The Morgan fingerprint density at radius 2 is 2.12 bits per heavy atom. The van der Waals surface area contributed by atoms with Crippen molar-refractivity contribution >= 4 is 22.4 Å². The number of methoxy groups -OCH3 is 2. The van der Waals surface area contributed by atoms with E-state index in [4.69, 9.17) is 9.47 Å². The molecular weight excluding hydrogens is 443 g/mol. The third-order valence-electron chi connectivity index (χ3n) is 5.61. The van der Waals surface area contributed by atoms with Crippen molar-refractivity contribution in [3.05, 3.63) is 64.7 Å². The fourth-order valence-corrected chi connectivity index (χ4v) is 4.42.